The SMILES string of the molecule is CC(CN1C(=O)c2ccccc2C1C(=O)NCc1ccc2c(c1)OCO2)c1ccc(Cl)cc1. The van der Waals surface area contributed by atoms with Crippen molar-refractivity contribution in [3.63, 3.8) is 0 Å². The lowest BCUT2D eigenvalue weighted by Crippen LogP contribution is -2.40. The number of ether oxygens (including phenoxy) is 2. The second kappa shape index (κ2) is 8.79. The summed E-state index contributed by atoms with van der Waals surface area (Å²) >= 11 is 6.02. The van der Waals surface area contributed by atoms with E-state index in [1.54, 1.807) is 11.0 Å². The van der Waals surface area contributed by atoms with Crippen LogP contribution in [0.25, 0.3) is 0 Å². The summed E-state index contributed by atoms with van der Waals surface area (Å²) in [5.41, 5.74) is 3.26. The van der Waals surface area contributed by atoms with Crippen molar-refractivity contribution in [2.75, 3.05) is 13.3 Å². The van der Waals surface area contributed by atoms with E-state index in [-0.39, 0.29) is 24.5 Å². The lowest BCUT2D eigenvalue weighted by molar-refractivity contribution is -0.125. The quantitative estimate of drug-likeness (QED) is 0.577. The van der Waals surface area contributed by atoms with Gasteiger partial charge in [-0.25, -0.2) is 0 Å². The molecule has 3 aromatic rings. The minimum absolute atomic E-state index is 0.0321. The summed E-state index contributed by atoms with van der Waals surface area (Å²) < 4.78 is 10.8. The number of carbonyl (C=O) groups excluding carboxylic acids is 2. The van der Waals surface area contributed by atoms with Gasteiger partial charge in [-0.05, 0) is 52.9 Å². The zero-order chi connectivity index (χ0) is 22.9. The summed E-state index contributed by atoms with van der Waals surface area (Å²) in [6.07, 6.45) is 0. The zero-order valence-electron chi connectivity index (χ0n) is 18.1. The summed E-state index contributed by atoms with van der Waals surface area (Å²) in [4.78, 5) is 28.3. The largest absolute Gasteiger partial charge is 0.454 e. The molecular formula is C26H23ClN2O4. The molecule has 2 atom stereocenters. The van der Waals surface area contributed by atoms with Gasteiger partial charge in [-0.15, -0.1) is 0 Å². The maximum Gasteiger partial charge on any atom is 0.255 e. The molecule has 0 aliphatic carbocycles. The minimum atomic E-state index is -0.683. The summed E-state index contributed by atoms with van der Waals surface area (Å²) in [7, 11) is 0. The standard InChI is InChI=1S/C26H23ClN2O4/c1-16(18-7-9-19(27)10-8-18)14-29-24(20-4-2-3-5-21(20)26(29)31)25(30)28-13-17-6-11-22-23(12-17)33-15-32-22/h2-12,16,24H,13-15H2,1H3,(H,28,30). The van der Waals surface area contributed by atoms with Crippen LogP contribution in [0.2, 0.25) is 5.02 Å². The van der Waals surface area contributed by atoms with E-state index in [2.05, 4.69) is 5.32 Å². The average molecular weight is 463 g/mol. The Labute approximate surface area is 197 Å². The number of rotatable bonds is 6. The molecule has 168 valence electrons. The normalized spacial score (nSPS) is 17.1. The first-order valence-electron chi connectivity index (χ1n) is 10.8. The van der Waals surface area contributed by atoms with Crippen LogP contribution in [0.4, 0.5) is 0 Å². The molecule has 0 saturated carbocycles. The zero-order valence-corrected chi connectivity index (χ0v) is 18.8. The molecule has 0 fully saturated rings. The van der Waals surface area contributed by atoms with Crippen molar-refractivity contribution in [2.45, 2.75) is 25.4 Å². The molecule has 2 unspecified atom stereocenters. The molecule has 2 heterocycles. The van der Waals surface area contributed by atoms with Crippen molar-refractivity contribution in [2.24, 2.45) is 0 Å². The van der Waals surface area contributed by atoms with Crippen molar-refractivity contribution in [1.29, 1.82) is 0 Å². The van der Waals surface area contributed by atoms with E-state index < -0.39 is 6.04 Å². The molecule has 2 aliphatic rings. The van der Waals surface area contributed by atoms with Crippen molar-refractivity contribution >= 4 is 23.4 Å². The van der Waals surface area contributed by atoms with Gasteiger partial charge in [0.2, 0.25) is 12.7 Å². The van der Waals surface area contributed by atoms with Crippen molar-refractivity contribution < 1.29 is 19.1 Å². The smallest absolute Gasteiger partial charge is 0.255 e. The van der Waals surface area contributed by atoms with Crippen LogP contribution in [0.15, 0.2) is 66.7 Å². The molecule has 5 rings (SSSR count). The van der Waals surface area contributed by atoms with Crippen LogP contribution in [-0.2, 0) is 11.3 Å². The fourth-order valence-electron chi connectivity index (χ4n) is 4.37. The Kier molecular flexibility index (Phi) is 5.68. The Bertz CT molecular complexity index is 1210. The molecule has 1 N–H and O–H groups in total. The van der Waals surface area contributed by atoms with E-state index in [0.717, 1.165) is 16.7 Å². The predicted molar refractivity (Wildman–Crippen MR) is 124 cm³/mol. The van der Waals surface area contributed by atoms with Crippen LogP contribution < -0.4 is 14.8 Å². The van der Waals surface area contributed by atoms with Crippen LogP contribution in [0, 0.1) is 0 Å². The van der Waals surface area contributed by atoms with Gasteiger partial charge in [0.25, 0.3) is 5.91 Å². The Morgan fingerprint density at radius 2 is 1.85 bits per heavy atom. The first-order chi connectivity index (χ1) is 16.0. The highest BCUT2D eigenvalue weighted by molar-refractivity contribution is 6.30. The van der Waals surface area contributed by atoms with Gasteiger partial charge in [-0.1, -0.05) is 54.9 Å². The number of carbonyl (C=O) groups is 2. The van der Waals surface area contributed by atoms with Gasteiger partial charge >= 0.3 is 0 Å². The third kappa shape index (κ3) is 4.14. The second-order valence-corrected chi connectivity index (χ2v) is 8.74. The van der Waals surface area contributed by atoms with E-state index in [0.29, 0.717) is 35.2 Å². The van der Waals surface area contributed by atoms with Gasteiger partial charge < -0.3 is 19.7 Å². The lowest BCUT2D eigenvalue weighted by atomic mass is 9.99. The lowest BCUT2D eigenvalue weighted by Gasteiger charge is -2.27. The van der Waals surface area contributed by atoms with Crippen molar-refractivity contribution in [1.82, 2.24) is 10.2 Å². The van der Waals surface area contributed by atoms with E-state index in [9.17, 15) is 9.59 Å². The van der Waals surface area contributed by atoms with Gasteiger partial charge in [-0.3, -0.25) is 9.59 Å². The third-order valence-electron chi connectivity index (χ3n) is 6.12. The van der Waals surface area contributed by atoms with Gasteiger partial charge in [0, 0.05) is 23.7 Å². The number of benzene rings is 3. The highest BCUT2D eigenvalue weighted by Gasteiger charge is 2.41. The third-order valence-corrected chi connectivity index (χ3v) is 6.37. The van der Waals surface area contributed by atoms with Crippen LogP contribution in [0.3, 0.4) is 0 Å². The van der Waals surface area contributed by atoms with Gasteiger partial charge in [0.1, 0.15) is 6.04 Å². The first-order valence-corrected chi connectivity index (χ1v) is 11.2. The van der Waals surface area contributed by atoms with Gasteiger partial charge in [0.15, 0.2) is 11.5 Å². The molecule has 0 aromatic heterocycles. The first kappa shape index (κ1) is 21.3. The van der Waals surface area contributed by atoms with E-state index >= 15 is 0 Å². The molecule has 0 spiro atoms. The van der Waals surface area contributed by atoms with Crippen molar-refractivity contribution in [3.8, 4) is 11.5 Å². The molecular weight excluding hydrogens is 440 g/mol. The molecule has 33 heavy (non-hydrogen) atoms. The molecule has 0 radical (unpaired) electrons. The van der Waals surface area contributed by atoms with Crippen LogP contribution in [-0.4, -0.2) is 30.1 Å². The van der Waals surface area contributed by atoms with Crippen molar-refractivity contribution in [3.05, 3.63) is 94.0 Å². The maximum absolute atomic E-state index is 13.4. The van der Waals surface area contributed by atoms with Crippen LogP contribution >= 0.6 is 11.6 Å². The minimum Gasteiger partial charge on any atom is -0.454 e. The van der Waals surface area contributed by atoms with E-state index in [4.69, 9.17) is 21.1 Å². The summed E-state index contributed by atoms with van der Waals surface area (Å²) in [5.74, 6) is 1.05. The Balaban J connectivity index is 1.36. The molecule has 7 heteroatoms. The number of hydrogen-bond donors (Lipinski definition) is 1. The summed E-state index contributed by atoms with van der Waals surface area (Å²) in [5, 5.41) is 3.66. The second-order valence-electron chi connectivity index (χ2n) is 8.31. The Morgan fingerprint density at radius 1 is 1.09 bits per heavy atom. The Hall–Kier alpha value is -3.51. The average Bonchev–Trinajstić information content (AvgIpc) is 3.40. The number of hydrogen-bond acceptors (Lipinski definition) is 4. The van der Waals surface area contributed by atoms with Crippen LogP contribution in [0.1, 0.15) is 45.9 Å². The highest BCUT2D eigenvalue weighted by atomic mass is 35.5. The van der Waals surface area contributed by atoms with Crippen LogP contribution in [0.5, 0.6) is 11.5 Å². The number of halogens is 1. The van der Waals surface area contributed by atoms with Gasteiger partial charge in [0.05, 0.1) is 0 Å². The highest BCUT2D eigenvalue weighted by Crippen LogP contribution is 2.36. The molecule has 0 bridgehead atoms. The fraction of sp³-hybridized carbons (Fsp3) is 0.231. The predicted octanol–water partition coefficient (Wildman–Crippen LogP) is 4.69. The maximum atomic E-state index is 13.4. The summed E-state index contributed by atoms with van der Waals surface area (Å²) in [6, 6.07) is 19.8. The molecule has 3 aromatic carbocycles. The van der Waals surface area contributed by atoms with E-state index in [1.165, 1.54) is 0 Å². The molecule has 2 aliphatic heterocycles. The monoisotopic (exact) mass is 462 g/mol. The molecule has 2 amide bonds. The van der Waals surface area contributed by atoms with Gasteiger partial charge in [-0.2, -0.15) is 0 Å². The molecule has 6 nitrogen and oxygen atoms in total. The number of nitrogens with one attached hydrogen (secondary N) is 1. The summed E-state index contributed by atoms with van der Waals surface area (Å²) in [6.45, 7) is 2.98. The molecule has 0 saturated heterocycles. The Morgan fingerprint density at radius 3 is 2.67 bits per heavy atom. The number of nitrogens with zero attached hydrogens (tertiary/aromatic N) is 1. The number of fused-ring (bicyclic) bond motifs is 2. The van der Waals surface area contributed by atoms with E-state index in [1.807, 2.05) is 67.6 Å². The number of amides is 2. The fourth-order valence-corrected chi connectivity index (χ4v) is 4.50. The topological polar surface area (TPSA) is 67.9 Å².